The SMILES string of the molecule is Cl.NCc1ccc(CNC2CCCN(c3c(Cl)cccc3C=C3SC(=O)NC3=O)C2)cc1. The van der Waals surface area contributed by atoms with E-state index in [4.69, 9.17) is 17.3 Å². The number of carbonyl (C=O) groups excluding carboxylic acids is 2. The Hall–Kier alpha value is -2.03. The van der Waals surface area contributed by atoms with E-state index in [0.717, 1.165) is 61.1 Å². The molecule has 32 heavy (non-hydrogen) atoms. The van der Waals surface area contributed by atoms with E-state index in [1.165, 1.54) is 5.56 Å². The first-order chi connectivity index (χ1) is 15.0. The van der Waals surface area contributed by atoms with E-state index in [1.807, 2.05) is 18.2 Å². The predicted octanol–water partition coefficient (Wildman–Crippen LogP) is 4.30. The summed E-state index contributed by atoms with van der Waals surface area (Å²) in [5.41, 5.74) is 9.78. The molecule has 2 aromatic carbocycles. The first-order valence-electron chi connectivity index (χ1n) is 10.3. The van der Waals surface area contributed by atoms with Crippen molar-refractivity contribution in [3.8, 4) is 0 Å². The van der Waals surface area contributed by atoms with Crippen LogP contribution < -0.4 is 21.3 Å². The third kappa shape index (κ3) is 5.85. The average Bonchev–Trinajstić information content (AvgIpc) is 3.09. The van der Waals surface area contributed by atoms with Gasteiger partial charge < -0.3 is 16.0 Å². The van der Waals surface area contributed by atoms with Crippen LogP contribution in [0.3, 0.4) is 0 Å². The molecule has 2 amide bonds. The lowest BCUT2D eigenvalue weighted by Crippen LogP contribution is -2.45. The fraction of sp³-hybridized carbons (Fsp3) is 0.304. The minimum Gasteiger partial charge on any atom is -0.368 e. The van der Waals surface area contributed by atoms with Gasteiger partial charge in [-0.15, -0.1) is 12.4 Å². The van der Waals surface area contributed by atoms with Crippen molar-refractivity contribution in [3.05, 3.63) is 69.1 Å². The molecule has 0 saturated carbocycles. The smallest absolute Gasteiger partial charge is 0.290 e. The molecule has 2 aliphatic rings. The lowest BCUT2D eigenvalue weighted by molar-refractivity contribution is -0.115. The molecule has 0 aliphatic carbocycles. The maximum atomic E-state index is 12.0. The molecule has 0 bridgehead atoms. The van der Waals surface area contributed by atoms with Crippen LogP contribution in [0.25, 0.3) is 6.08 Å². The molecule has 2 fully saturated rings. The molecule has 1 unspecified atom stereocenters. The molecule has 0 radical (unpaired) electrons. The van der Waals surface area contributed by atoms with Gasteiger partial charge in [-0.2, -0.15) is 0 Å². The molecule has 2 aliphatic heterocycles. The minimum absolute atomic E-state index is 0. The number of rotatable bonds is 6. The summed E-state index contributed by atoms with van der Waals surface area (Å²) in [7, 11) is 0. The van der Waals surface area contributed by atoms with E-state index < -0.39 is 0 Å². The van der Waals surface area contributed by atoms with Gasteiger partial charge in [0, 0.05) is 37.8 Å². The van der Waals surface area contributed by atoms with Crippen molar-refractivity contribution >= 4 is 58.7 Å². The Balaban J connectivity index is 0.00000289. The summed E-state index contributed by atoms with van der Waals surface area (Å²) < 4.78 is 0. The summed E-state index contributed by atoms with van der Waals surface area (Å²) in [4.78, 5) is 26.2. The third-order valence-corrected chi connectivity index (χ3v) is 6.65. The van der Waals surface area contributed by atoms with Gasteiger partial charge in [-0.1, -0.05) is 48.0 Å². The molecule has 4 rings (SSSR count). The number of nitrogens with zero attached hydrogens (tertiary/aromatic N) is 1. The van der Waals surface area contributed by atoms with Crippen LogP contribution in [0, 0.1) is 0 Å². The van der Waals surface area contributed by atoms with E-state index in [9.17, 15) is 9.59 Å². The van der Waals surface area contributed by atoms with Crippen molar-refractivity contribution in [1.82, 2.24) is 10.6 Å². The summed E-state index contributed by atoms with van der Waals surface area (Å²) in [6, 6.07) is 14.3. The molecule has 9 heteroatoms. The molecule has 2 aromatic rings. The molecule has 170 valence electrons. The van der Waals surface area contributed by atoms with E-state index in [1.54, 1.807) is 6.08 Å². The Morgan fingerprint density at radius 1 is 1.19 bits per heavy atom. The molecule has 0 spiro atoms. The van der Waals surface area contributed by atoms with E-state index >= 15 is 0 Å². The number of anilines is 1. The number of hydrogen-bond acceptors (Lipinski definition) is 6. The Morgan fingerprint density at radius 3 is 2.62 bits per heavy atom. The first kappa shape index (κ1) is 24.6. The molecule has 0 aromatic heterocycles. The lowest BCUT2D eigenvalue weighted by Gasteiger charge is -2.36. The second kappa shape index (κ2) is 11.2. The fourth-order valence-corrected chi connectivity index (χ4v) is 4.92. The van der Waals surface area contributed by atoms with Gasteiger partial charge in [-0.25, -0.2) is 0 Å². The monoisotopic (exact) mass is 492 g/mol. The van der Waals surface area contributed by atoms with Crippen molar-refractivity contribution in [1.29, 1.82) is 0 Å². The van der Waals surface area contributed by atoms with Crippen molar-refractivity contribution in [2.75, 3.05) is 18.0 Å². The highest BCUT2D eigenvalue weighted by Gasteiger charge is 2.27. The Morgan fingerprint density at radius 2 is 1.94 bits per heavy atom. The largest absolute Gasteiger partial charge is 0.368 e. The van der Waals surface area contributed by atoms with Gasteiger partial charge in [0.05, 0.1) is 15.6 Å². The predicted molar refractivity (Wildman–Crippen MR) is 134 cm³/mol. The summed E-state index contributed by atoms with van der Waals surface area (Å²) in [6.07, 6.45) is 3.88. The zero-order valence-corrected chi connectivity index (χ0v) is 19.9. The number of imide groups is 1. The lowest BCUT2D eigenvalue weighted by atomic mass is 10.0. The van der Waals surface area contributed by atoms with Crippen LogP contribution in [0.4, 0.5) is 10.5 Å². The fourth-order valence-electron chi connectivity index (χ4n) is 3.95. The van der Waals surface area contributed by atoms with Gasteiger partial charge in [0.2, 0.25) is 0 Å². The Kier molecular flexibility index (Phi) is 8.62. The highest BCUT2D eigenvalue weighted by molar-refractivity contribution is 8.18. The summed E-state index contributed by atoms with van der Waals surface area (Å²) in [5.74, 6) is -0.361. The molecule has 2 heterocycles. The average molecular weight is 493 g/mol. The van der Waals surface area contributed by atoms with Crippen LogP contribution in [0.5, 0.6) is 0 Å². The first-order valence-corrected chi connectivity index (χ1v) is 11.5. The van der Waals surface area contributed by atoms with Crippen LogP contribution in [-0.2, 0) is 17.9 Å². The number of benzene rings is 2. The number of nitrogens with one attached hydrogen (secondary N) is 2. The zero-order valence-electron chi connectivity index (χ0n) is 17.5. The summed E-state index contributed by atoms with van der Waals surface area (Å²) in [6.45, 7) is 3.05. The van der Waals surface area contributed by atoms with Crippen molar-refractivity contribution in [3.63, 3.8) is 0 Å². The van der Waals surface area contributed by atoms with Crippen LogP contribution in [0.2, 0.25) is 5.02 Å². The Bertz CT molecular complexity index is 1010. The summed E-state index contributed by atoms with van der Waals surface area (Å²) >= 11 is 7.50. The van der Waals surface area contributed by atoms with Gasteiger partial charge in [0.15, 0.2) is 0 Å². The number of carbonyl (C=O) groups is 2. The van der Waals surface area contributed by atoms with E-state index in [-0.39, 0.29) is 23.6 Å². The number of halogens is 2. The van der Waals surface area contributed by atoms with Crippen molar-refractivity contribution in [2.45, 2.75) is 32.0 Å². The van der Waals surface area contributed by atoms with Gasteiger partial charge >= 0.3 is 0 Å². The molecule has 6 nitrogen and oxygen atoms in total. The maximum absolute atomic E-state index is 12.0. The highest BCUT2D eigenvalue weighted by atomic mass is 35.5. The molecule has 4 N–H and O–H groups in total. The van der Waals surface area contributed by atoms with Crippen LogP contribution >= 0.6 is 35.8 Å². The van der Waals surface area contributed by atoms with Gasteiger partial charge in [-0.3, -0.25) is 14.9 Å². The number of nitrogens with two attached hydrogens (primary N) is 1. The van der Waals surface area contributed by atoms with Gasteiger partial charge in [0.1, 0.15) is 0 Å². The Labute approximate surface area is 203 Å². The third-order valence-electron chi connectivity index (χ3n) is 5.54. The topological polar surface area (TPSA) is 87.5 Å². The number of hydrogen-bond donors (Lipinski definition) is 3. The van der Waals surface area contributed by atoms with Crippen LogP contribution in [0.1, 0.15) is 29.5 Å². The quantitative estimate of drug-likeness (QED) is 0.520. The zero-order chi connectivity index (χ0) is 21.8. The van der Waals surface area contributed by atoms with E-state index in [0.29, 0.717) is 22.5 Å². The molecule has 2 saturated heterocycles. The highest BCUT2D eigenvalue weighted by Crippen LogP contribution is 2.35. The van der Waals surface area contributed by atoms with Gasteiger partial charge in [0.25, 0.3) is 11.1 Å². The molecule has 1 atom stereocenters. The van der Waals surface area contributed by atoms with E-state index in [2.05, 4.69) is 39.8 Å². The minimum atomic E-state index is -0.361. The van der Waals surface area contributed by atoms with Crippen molar-refractivity contribution in [2.24, 2.45) is 5.73 Å². The second-order valence-electron chi connectivity index (χ2n) is 7.72. The number of piperidine rings is 1. The molecular weight excluding hydrogens is 467 g/mol. The van der Waals surface area contributed by atoms with Gasteiger partial charge in [-0.05, 0) is 47.9 Å². The number of amides is 2. The molecular formula is C23H26Cl2N4O2S. The number of para-hydroxylation sites is 1. The van der Waals surface area contributed by atoms with Crippen LogP contribution in [-0.4, -0.2) is 30.3 Å². The van der Waals surface area contributed by atoms with Crippen molar-refractivity contribution < 1.29 is 9.59 Å². The standard InChI is InChI=1S/C23H25ClN4O2S.ClH/c24-19-5-1-3-17(11-20-22(29)27-23(30)31-20)21(19)28-10-2-4-18(14-28)26-13-16-8-6-15(12-25)7-9-16;/h1,3,5-9,11,18,26H,2,4,10,12-14,25H2,(H,27,29,30);1H. The number of thioether (sulfide) groups is 1. The second-order valence-corrected chi connectivity index (χ2v) is 9.14. The summed E-state index contributed by atoms with van der Waals surface area (Å²) in [5, 5.41) is 6.25. The normalized spacial score (nSPS) is 19.8. The maximum Gasteiger partial charge on any atom is 0.290 e. The van der Waals surface area contributed by atoms with Crippen LogP contribution in [0.15, 0.2) is 47.4 Å².